The smallest absolute Gasteiger partial charge is 0.230 e. The van der Waals surface area contributed by atoms with E-state index in [1.54, 1.807) is 6.08 Å². The Hall–Kier alpha value is -1.76. The first-order valence-electron chi connectivity index (χ1n) is 6.65. The zero-order chi connectivity index (χ0) is 14.1. The molecule has 2 atom stereocenters. The number of nitrogens with zero attached hydrogens (tertiary/aromatic N) is 2. The van der Waals surface area contributed by atoms with Crippen LogP contribution in [0, 0.1) is 11.8 Å². The monoisotopic (exact) mass is 292 g/mol. The first kappa shape index (κ1) is 13.2. The number of carbonyl (C=O) groups excluding carboxylic acids is 2. The van der Waals surface area contributed by atoms with E-state index in [0.717, 1.165) is 17.8 Å². The number of allylic oxidation sites excluding steroid dienone is 2. The second-order valence-electron chi connectivity index (χ2n) is 5.18. The first-order valence-corrected chi connectivity index (χ1v) is 7.47. The van der Waals surface area contributed by atoms with E-state index in [4.69, 9.17) is 0 Å². The molecule has 1 fully saturated rings. The van der Waals surface area contributed by atoms with Crippen molar-refractivity contribution < 1.29 is 14.7 Å². The van der Waals surface area contributed by atoms with Crippen molar-refractivity contribution in [3.05, 3.63) is 17.2 Å². The summed E-state index contributed by atoms with van der Waals surface area (Å²) >= 11 is 1.37. The summed E-state index contributed by atoms with van der Waals surface area (Å²) in [7, 11) is 0. The third-order valence-corrected chi connectivity index (χ3v) is 4.67. The summed E-state index contributed by atoms with van der Waals surface area (Å²) in [6.07, 6.45) is 6.62. The highest BCUT2D eigenvalue weighted by Gasteiger charge is 2.31. The van der Waals surface area contributed by atoms with Gasteiger partial charge < -0.3 is 15.2 Å². The van der Waals surface area contributed by atoms with Crippen LogP contribution in [0.4, 0.5) is 5.13 Å². The molecule has 0 saturated heterocycles. The molecule has 6 nitrogen and oxygen atoms in total. The molecule has 0 bridgehead atoms. The third kappa shape index (κ3) is 2.72. The number of hydrogen-bond acceptors (Lipinski definition) is 6. The highest BCUT2D eigenvalue weighted by molar-refractivity contribution is 7.15. The molecular formula is C13H14N3O3S-. The van der Waals surface area contributed by atoms with Crippen LogP contribution in [-0.2, 0) is 9.59 Å². The lowest BCUT2D eigenvalue weighted by Gasteiger charge is -2.27. The minimum absolute atomic E-state index is 0.318. The van der Waals surface area contributed by atoms with E-state index in [1.807, 2.05) is 6.08 Å². The number of aromatic nitrogens is 2. The molecule has 1 aromatic heterocycles. The highest BCUT2D eigenvalue weighted by Crippen LogP contribution is 2.42. The van der Waals surface area contributed by atoms with Crippen LogP contribution in [0.5, 0.6) is 0 Å². The Kier molecular flexibility index (Phi) is 3.52. The van der Waals surface area contributed by atoms with Gasteiger partial charge in [-0.2, -0.15) is 0 Å². The lowest BCUT2D eigenvalue weighted by atomic mass is 9.82. The van der Waals surface area contributed by atoms with Crippen molar-refractivity contribution in [2.45, 2.75) is 31.6 Å². The Balaban J connectivity index is 1.67. The highest BCUT2D eigenvalue weighted by atomic mass is 32.1. The molecule has 1 saturated carbocycles. The average Bonchev–Trinajstić information content (AvgIpc) is 3.19. The van der Waals surface area contributed by atoms with Gasteiger partial charge >= 0.3 is 0 Å². The minimum Gasteiger partial charge on any atom is -0.550 e. The summed E-state index contributed by atoms with van der Waals surface area (Å²) in [5.74, 6) is -2.37. The molecule has 0 unspecified atom stereocenters. The summed E-state index contributed by atoms with van der Waals surface area (Å²) in [4.78, 5) is 23.3. The van der Waals surface area contributed by atoms with Gasteiger partial charge in [0, 0.05) is 17.8 Å². The molecule has 2 aliphatic rings. The van der Waals surface area contributed by atoms with Crippen molar-refractivity contribution in [3.63, 3.8) is 0 Å². The zero-order valence-corrected chi connectivity index (χ0v) is 11.6. The van der Waals surface area contributed by atoms with Crippen LogP contribution in [0.15, 0.2) is 12.2 Å². The number of carboxylic acids is 1. The summed E-state index contributed by atoms with van der Waals surface area (Å²) in [6, 6.07) is 0. The molecule has 1 amide bonds. The molecule has 0 radical (unpaired) electrons. The molecular weight excluding hydrogens is 278 g/mol. The number of anilines is 1. The quantitative estimate of drug-likeness (QED) is 0.824. The lowest BCUT2D eigenvalue weighted by Crippen LogP contribution is -2.41. The van der Waals surface area contributed by atoms with Crippen LogP contribution in [-0.4, -0.2) is 22.1 Å². The maximum absolute atomic E-state index is 12.2. The normalized spacial score (nSPS) is 25.4. The zero-order valence-electron chi connectivity index (χ0n) is 10.7. The molecule has 20 heavy (non-hydrogen) atoms. The van der Waals surface area contributed by atoms with Crippen LogP contribution in [0.1, 0.15) is 36.6 Å². The molecule has 2 aliphatic carbocycles. The van der Waals surface area contributed by atoms with Crippen molar-refractivity contribution >= 4 is 28.3 Å². The Bertz CT molecular complexity index is 565. The molecule has 0 spiro atoms. The summed E-state index contributed by atoms with van der Waals surface area (Å²) < 4.78 is 0. The Morgan fingerprint density at radius 1 is 1.20 bits per heavy atom. The molecule has 0 aliphatic heterocycles. The number of rotatable bonds is 4. The Morgan fingerprint density at radius 2 is 1.90 bits per heavy atom. The third-order valence-electron chi connectivity index (χ3n) is 3.67. The van der Waals surface area contributed by atoms with E-state index in [1.165, 1.54) is 11.3 Å². The van der Waals surface area contributed by atoms with Gasteiger partial charge in [-0.15, -0.1) is 10.2 Å². The topological polar surface area (TPSA) is 95.0 Å². The SMILES string of the molecule is O=C([O-])[C@@H]1CC=CC[C@H]1C(=O)Nc1nnc(C2CC2)s1. The predicted molar refractivity (Wildman–Crippen MR) is 70.9 cm³/mol. The van der Waals surface area contributed by atoms with Gasteiger partial charge in [0.25, 0.3) is 0 Å². The van der Waals surface area contributed by atoms with Crippen molar-refractivity contribution in [1.82, 2.24) is 10.2 Å². The average molecular weight is 292 g/mol. The van der Waals surface area contributed by atoms with Crippen LogP contribution in [0.2, 0.25) is 0 Å². The van der Waals surface area contributed by atoms with Crippen molar-refractivity contribution in [2.24, 2.45) is 11.8 Å². The molecule has 106 valence electrons. The van der Waals surface area contributed by atoms with Gasteiger partial charge in [0.15, 0.2) is 0 Å². The molecule has 1 N–H and O–H groups in total. The van der Waals surface area contributed by atoms with Gasteiger partial charge in [-0.05, 0) is 25.7 Å². The number of carbonyl (C=O) groups is 2. The van der Waals surface area contributed by atoms with Crippen molar-refractivity contribution in [1.29, 1.82) is 0 Å². The standard InChI is InChI=1S/C13H15N3O3S/c17-10(8-3-1-2-4-9(8)12(18)19)14-13-16-15-11(20-13)7-5-6-7/h1-2,7-9H,3-6H2,(H,18,19)(H,14,16,17)/p-1/t8-,9-/m1/s1. The number of hydrogen-bond donors (Lipinski definition) is 1. The van der Waals surface area contributed by atoms with Gasteiger partial charge in [0.2, 0.25) is 11.0 Å². The summed E-state index contributed by atoms with van der Waals surface area (Å²) in [6.45, 7) is 0. The number of nitrogens with one attached hydrogen (secondary N) is 1. The fraction of sp³-hybridized carbons (Fsp3) is 0.538. The molecule has 1 heterocycles. The van der Waals surface area contributed by atoms with E-state index in [2.05, 4.69) is 15.5 Å². The molecule has 1 aromatic rings. The van der Waals surface area contributed by atoms with Gasteiger partial charge in [0.1, 0.15) is 5.01 Å². The van der Waals surface area contributed by atoms with Gasteiger partial charge in [-0.3, -0.25) is 4.79 Å². The van der Waals surface area contributed by atoms with Crippen LogP contribution in [0.25, 0.3) is 0 Å². The molecule has 3 rings (SSSR count). The second kappa shape index (κ2) is 5.32. The number of amides is 1. The van der Waals surface area contributed by atoms with Crippen LogP contribution < -0.4 is 10.4 Å². The maximum Gasteiger partial charge on any atom is 0.230 e. The summed E-state index contributed by atoms with van der Waals surface area (Å²) in [5, 5.41) is 23.1. The predicted octanol–water partition coefficient (Wildman–Crippen LogP) is 0.686. The fourth-order valence-electron chi connectivity index (χ4n) is 2.34. The largest absolute Gasteiger partial charge is 0.550 e. The number of carboxylic acid groups (broad SMARTS) is 1. The van der Waals surface area contributed by atoms with E-state index in [9.17, 15) is 14.7 Å². The maximum atomic E-state index is 12.2. The first-order chi connectivity index (χ1) is 9.65. The van der Waals surface area contributed by atoms with E-state index >= 15 is 0 Å². The van der Waals surface area contributed by atoms with Crippen LogP contribution in [0.3, 0.4) is 0 Å². The second-order valence-corrected chi connectivity index (χ2v) is 6.19. The van der Waals surface area contributed by atoms with E-state index in [0.29, 0.717) is 23.9 Å². The molecule has 0 aromatic carbocycles. The van der Waals surface area contributed by atoms with Gasteiger partial charge in [0.05, 0.1) is 5.92 Å². The number of aliphatic carboxylic acids is 1. The van der Waals surface area contributed by atoms with Crippen molar-refractivity contribution in [2.75, 3.05) is 5.32 Å². The Morgan fingerprint density at radius 3 is 2.55 bits per heavy atom. The minimum atomic E-state index is -1.18. The fourth-order valence-corrected chi connectivity index (χ4v) is 3.26. The lowest BCUT2D eigenvalue weighted by molar-refractivity contribution is -0.313. The Labute approximate surface area is 119 Å². The van der Waals surface area contributed by atoms with E-state index < -0.39 is 17.8 Å². The van der Waals surface area contributed by atoms with Crippen LogP contribution >= 0.6 is 11.3 Å². The summed E-state index contributed by atoms with van der Waals surface area (Å²) in [5.41, 5.74) is 0. The van der Waals surface area contributed by atoms with E-state index in [-0.39, 0.29) is 5.91 Å². The van der Waals surface area contributed by atoms with Gasteiger partial charge in [-0.1, -0.05) is 23.5 Å². The van der Waals surface area contributed by atoms with Crippen molar-refractivity contribution in [3.8, 4) is 0 Å². The molecule has 7 heteroatoms. The van der Waals surface area contributed by atoms with Gasteiger partial charge in [-0.25, -0.2) is 0 Å².